The highest BCUT2D eigenvalue weighted by atomic mass is 16.6. The van der Waals surface area contributed by atoms with Gasteiger partial charge in [-0.15, -0.1) is 0 Å². The molecular weight excluding hydrogens is 148 g/mol. The highest BCUT2D eigenvalue weighted by molar-refractivity contribution is 5.78. The minimum Gasteiger partial charge on any atom is -0.479 e. The number of hydrogen-bond acceptors (Lipinski definition) is 3. The molecule has 0 saturated carbocycles. The molecule has 0 aromatic rings. The van der Waals surface area contributed by atoms with Crippen LogP contribution in [0.4, 0.5) is 0 Å². The first-order chi connectivity index (χ1) is 4.84. The van der Waals surface area contributed by atoms with Crippen molar-refractivity contribution >= 4 is 11.9 Å². The smallest absolute Gasteiger partial charge is 0.341 e. The average molecular weight is 160 g/mol. The summed E-state index contributed by atoms with van der Waals surface area (Å²) in [5.74, 6) is -1.64. The number of rotatable bonds is 2. The van der Waals surface area contributed by atoms with Crippen molar-refractivity contribution in [1.82, 2.24) is 0 Å². The molecule has 0 aliphatic carbocycles. The molecule has 4 heteroatoms. The molecule has 0 aliphatic rings. The third-order valence-corrected chi connectivity index (χ3v) is 0.939. The lowest BCUT2D eigenvalue weighted by atomic mass is 9.97. The second kappa shape index (κ2) is 3.37. The molecule has 4 nitrogen and oxygen atoms in total. The van der Waals surface area contributed by atoms with E-state index in [1.54, 1.807) is 20.8 Å². The molecule has 0 spiro atoms. The summed E-state index contributed by atoms with van der Waals surface area (Å²) in [7, 11) is 0. The predicted octanol–water partition coefficient (Wildman–Crippen LogP) is 0.660. The lowest BCUT2D eigenvalue weighted by Crippen LogP contribution is -2.25. The number of hydrogen-bond donors (Lipinski definition) is 1. The number of carboxylic acids is 1. The number of carbonyl (C=O) groups is 2. The van der Waals surface area contributed by atoms with Gasteiger partial charge in [-0.3, -0.25) is 4.79 Å². The van der Waals surface area contributed by atoms with Crippen molar-refractivity contribution in [3.05, 3.63) is 0 Å². The van der Waals surface area contributed by atoms with Crippen LogP contribution in [0.15, 0.2) is 0 Å². The Labute approximate surface area is 65.2 Å². The highest BCUT2D eigenvalue weighted by Crippen LogP contribution is 2.14. The maximum absolute atomic E-state index is 10.9. The van der Waals surface area contributed by atoms with Crippen LogP contribution in [0, 0.1) is 5.41 Å². The highest BCUT2D eigenvalue weighted by Gasteiger charge is 2.23. The van der Waals surface area contributed by atoms with Crippen LogP contribution in [0.3, 0.4) is 0 Å². The Morgan fingerprint density at radius 2 is 1.82 bits per heavy atom. The monoisotopic (exact) mass is 160 g/mol. The lowest BCUT2D eigenvalue weighted by Gasteiger charge is -2.14. The summed E-state index contributed by atoms with van der Waals surface area (Å²) in [5.41, 5.74) is -0.630. The van der Waals surface area contributed by atoms with Crippen molar-refractivity contribution in [3.8, 4) is 0 Å². The van der Waals surface area contributed by atoms with E-state index in [4.69, 9.17) is 5.11 Å². The molecule has 0 heterocycles. The van der Waals surface area contributed by atoms with E-state index in [1.807, 2.05) is 0 Å². The van der Waals surface area contributed by atoms with Gasteiger partial charge in [0.15, 0.2) is 6.61 Å². The van der Waals surface area contributed by atoms with Crippen molar-refractivity contribution in [2.45, 2.75) is 20.8 Å². The van der Waals surface area contributed by atoms with E-state index in [9.17, 15) is 9.59 Å². The van der Waals surface area contributed by atoms with Gasteiger partial charge < -0.3 is 9.84 Å². The van der Waals surface area contributed by atoms with Gasteiger partial charge >= 0.3 is 11.9 Å². The zero-order valence-electron chi connectivity index (χ0n) is 6.88. The zero-order chi connectivity index (χ0) is 9.07. The number of carboxylic acid groups (broad SMARTS) is 1. The number of esters is 1. The fourth-order valence-electron chi connectivity index (χ4n) is 0.344. The Morgan fingerprint density at radius 1 is 1.36 bits per heavy atom. The maximum atomic E-state index is 10.9. The molecule has 0 rings (SSSR count). The third kappa shape index (κ3) is 4.36. The summed E-state index contributed by atoms with van der Waals surface area (Å²) in [6.45, 7) is 4.43. The Balaban J connectivity index is 3.80. The van der Waals surface area contributed by atoms with Gasteiger partial charge in [-0.2, -0.15) is 0 Å². The molecule has 0 saturated heterocycles. The third-order valence-electron chi connectivity index (χ3n) is 0.939. The van der Waals surface area contributed by atoms with Gasteiger partial charge in [0, 0.05) is 0 Å². The van der Waals surface area contributed by atoms with Gasteiger partial charge in [0.05, 0.1) is 5.41 Å². The Hall–Kier alpha value is -1.06. The summed E-state index contributed by atoms with van der Waals surface area (Å²) >= 11 is 0. The summed E-state index contributed by atoms with van der Waals surface area (Å²) in [5, 5.41) is 8.15. The zero-order valence-corrected chi connectivity index (χ0v) is 6.88. The van der Waals surface area contributed by atoms with Crippen LogP contribution in [0.1, 0.15) is 20.8 Å². The molecule has 0 fully saturated rings. The van der Waals surface area contributed by atoms with Gasteiger partial charge in [0.1, 0.15) is 0 Å². The van der Waals surface area contributed by atoms with Crippen molar-refractivity contribution < 1.29 is 19.4 Å². The molecule has 11 heavy (non-hydrogen) atoms. The first-order valence-corrected chi connectivity index (χ1v) is 3.23. The standard InChI is InChI=1S/C7H12O4/c1-7(2,3)6(10)11-4-5(8)9/h4H2,1-3H3,(H,8,9). The van der Waals surface area contributed by atoms with E-state index in [0.29, 0.717) is 0 Å². The van der Waals surface area contributed by atoms with Gasteiger partial charge in [0.25, 0.3) is 0 Å². The number of ether oxygens (including phenoxy) is 1. The van der Waals surface area contributed by atoms with Crippen molar-refractivity contribution in [2.24, 2.45) is 5.41 Å². The molecular formula is C7H12O4. The molecule has 0 aromatic carbocycles. The largest absolute Gasteiger partial charge is 0.479 e. The molecule has 0 amide bonds. The second-order valence-electron chi connectivity index (χ2n) is 3.22. The van der Waals surface area contributed by atoms with Crippen molar-refractivity contribution in [3.63, 3.8) is 0 Å². The van der Waals surface area contributed by atoms with Crippen LogP contribution in [-0.2, 0) is 14.3 Å². The second-order valence-corrected chi connectivity index (χ2v) is 3.22. The minimum absolute atomic E-state index is 0.500. The van der Waals surface area contributed by atoms with Crippen LogP contribution in [0.2, 0.25) is 0 Å². The molecule has 0 bridgehead atoms. The average Bonchev–Trinajstić information content (AvgIpc) is 1.80. The van der Waals surface area contributed by atoms with Crippen LogP contribution in [0.5, 0.6) is 0 Å². The summed E-state index contributed by atoms with van der Waals surface area (Å²) in [6.07, 6.45) is 0. The van der Waals surface area contributed by atoms with E-state index < -0.39 is 24.0 Å². The van der Waals surface area contributed by atoms with Crippen LogP contribution in [-0.4, -0.2) is 23.7 Å². The Bertz CT molecular complexity index is 166. The molecule has 1 N–H and O–H groups in total. The summed E-state index contributed by atoms with van der Waals surface area (Å²) in [6, 6.07) is 0. The van der Waals surface area contributed by atoms with E-state index in [1.165, 1.54) is 0 Å². The molecule has 0 unspecified atom stereocenters. The minimum atomic E-state index is -1.14. The van der Waals surface area contributed by atoms with E-state index in [-0.39, 0.29) is 0 Å². The van der Waals surface area contributed by atoms with Crippen LogP contribution >= 0.6 is 0 Å². The normalized spacial score (nSPS) is 10.8. The van der Waals surface area contributed by atoms with Gasteiger partial charge in [-0.25, -0.2) is 4.79 Å². The molecule has 0 radical (unpaired) electrons. The topological polar surface area (TPSA) is 63.6 Å². The van der Waals surface area contributed by atoms with Gasteiger partial charge in [-0.05, 0) is 20.8 Å². The summed E-state index contributed by atoms with van der Waals surface area (Å²) in [4.78, 5) is 20.8. The first-order valence-electron chi connectivity index (χ1n) is 3.23. The Morgan fingerprint density at radius 3 is 2.09 bits per heavy atom. The van der Waals surface area contributed by atoms with E-state index in [0.717, 1.165) is 0 Å². The van der Waals surface area contributed by atoms with Crippen LogP contribution in [0.25, 0.3) is 0 Å². The predicted molar refractivity (Wildman–Crippen MR) is 38.0 cm³/mol. The fraction of sp³-hybridized carbons (Fsp3) is 0.714. The Kier molecular flexibility index (Phi) is 3.04. The molecule has 64 valence electrons. The lowest BCUT2D eigenvalue weighted by molar-refractivity contribution is -0.161. The van der Waals surface area contributed by atoms with Crippen molar-refractivity contribution in [1.29, 1.82) is 0 Å². The van der Waals surface area contributed by atoms with Crippen LogP contribution < -0.4 is 0 Å². The number of carbonyl (C=O) groups excluding carboxylic acids is 1. The molecule has 0 atom stereocenters. The summed E-state index contributed by atoms with van der Waals surface area (Å²) < 4.78 is 4.43. The maximum Gasteiger partial charge on any atom is 0.341 e. The van der Waals surface area contributed by atoms with E-state index in [2.05, 4.69) is 4.74 Å². The van der Waals surface area contributed by atoms with Gasteiger partial charge in [-0.1, -0.05) is 0 Å². The van der Waals surface area contributed by atoms with E-state index >= 15 is 0 Å². The van der Waals surface area contributed by atoms with Crippen molar-refractivity contribution in [2.75, 3.05) is 6.61 Å². The quantitative estimate of drug-likeness (QED) is 0.603. The molecule has 0 aromatic heterocycles. The SMILES string of the molecule is CC(C)(C)C(=O)OCC(=O)O. The molecule has 0 aliphatic heterocycles. The fourth-order valence-corrected chi connectivity index (χ4v) is 0.344. The van der Waals surface area contributed by atoms with Gasteiger partial charge in [0.2, 0.25) is 0 Å². The number of aliphatic carboxylic acids is 1. The first kappa shape index (κ1) is 9.94.